The Hall–Kier alpha value is -2.19. The molecule has 0 saturated heterocycles. The lowest BCUT2D eigenvalue weighted by atomic mass is 10.4. The van der Waals surface area contributed by atoms with Crippen molar-refractivity contribution in [2.24, 2.45) is 4.99 Å². The summed E-state index contributed by atoms with van der Waals surface area (Å²) in [7, 11) is 3.79. The second kappa shape index (κ2) is 13.1. The molecule has 0 aliphatic rings. The van der Waals surface area contributed by atoms with Gasteiger partial charge in [0.05, 0.1) is 11.9 Å². The van der Waals surface area contributed by atoms with E-state index in [0.717, 1.165) is 39.2 Å². The molecule has 0 saturated carbocycles. The van der Waals surface area contributed by atoms with Crippen molar-refractivity contribution in [1.29, 1.82) is 0 Å². The number of likely N-dealkylation sites (N-methyl/N-ethyl adjacent to an activating group) is 1. The van der Waals surface area contributed by atoms with Gasteiger partial charge in [0.15, 0.2) is 5.96 Å². The van der Waals surface area contributed by atoms with Crippen LogP contribution in [0, 0.1) is 0 Å². The van der Waals surface area contributed by atoms with Crippen LogP contribution >= 0.6 is 0 Å². The van der Waals surface area contributed by atoms with Crippen molar-refractivity contribution in [3.05, 3.63) is 24.5 Å². The van der Waals surface area contributed by atoms with Gasteiger partial charge in [-0.3, -0.25) is 9.78 Å². The van der Waals surface area contributed by atoms with Crippen LogP contribution in [0.1, 0.15) is 13.3 Å². The highest BCUT2D eigenvalue weighted by molar-refractivity contribution is 5.93. The molecule has 8 nitrogen and oxygen atoms in total. The van der Waals surface area contributed by atoms with E-state index in [1.807, 2.05) is 6.92 Å². The van der Waals surface area contributed by atoms with Gasteiger partial charge in [0.2, 0.25) is 5.91 Å². The molecule has 0 aromatic carbocycles. The summed E-state index contributed by atoms with van der Waals surface area (Å²) in [5.41, 5.74) is 0.665. The summed E-state index contributed by atoms with van der Waals surface area (Å²) in [4.78, 5) is 22.4. The normalized spacial score (nSPS) is 11.4. The Labute approximate surface area is 150 Å². The summed E-state index contributed by atoms with van der Waals surface area (Å²) >= 11 is 0. The minimum absolute atomic E-state index is 0.0495. The fraction of sp³-hybridized carbons (Fsp3) is 0.588. The molecule has 0 aliphatic carbocycles. The minimum atomic E-state index is -0.179. The van der Waals surface area contributed by atoms with E-state index in [4.69, 9.17) is 4.74 Å². The number of methoxy groups -OCH3 is 1. The SMILES string of the molecule is CCNC(=NCC(=O)Nc1cccnc1)NCCN(C)CCCOC. The van der Waals surface area contributed by atoms with Crippen LogP contribution in [0.5, 0.6) is 0 Å². The number of nitrogens with zero attached hydrogens (tertiary/aromatic N) is 3. The molecule has 0 aliphatic heterocycles. The molecular formula is C17H30N6O2. The third kappa shape index (κ3) is 10.3. The van der Waals surface area contributed by atoms with E-state index >= 15 is 0 Å². The minimum Gasteiger partial charge on any atom is -0.385 e. The molecule has 8 heteroatoms. The molecule has 140 valence electrons. The van der Waals surface area contributed by atoms with Crippen molar-refractivity contribution in [3.63, 3.8) is 0 Å². The van der Waals surface area contributed by atoms with Crippen LogP contribution in [0.3, 0.4) is 0 Å². The zero-order valence-corrected chi connectivity index (χ0v) is 15.4. The van der Waals surface area contributed by atoms with Gasteiger partial charge in [0.25, 0.3) is 0 Å². The van der Waals surface area contributed by atoms with Crippen molar-refractivity contribution in [2.45, 2.75) is 13.3 Å². The van der Waals surface area contributed by atoms with Crippen LogP contribution in [0.25, 0.3) is 0 Å². The fourth-order valence-corrected chi connectivity index (χ4v) is 2.09. The van der Waals surface area contributed by atoms with E-state index in [2.05, 4.69) is 37.9 Å². The van der Waals surface area contributed by atoms with Crippen LogP contribution in [-0.4, -0.2) is 75.2 Å². The molecule has 0 spiro atoms. The first-order chi connectivity index (χ1) is 12.2. The number of carbonyl (C=O) groups excluding carboxylic acids is 1. The van der Waals surface area contributed by atoms with Crippen LogP contribution in [0.2, 0.25) is 0 Å². The number of aliphatic imine (C=N–C) groups is 1. The van der Waals surface area contributed by atoms with Gasteiger partial charge in [-0.25, -0.2) is 4.99 Å². The molecule has 1 aromatic heterocycles. The highest BCUT2D eigenvalue weighted by Gasteiger charge is 2.04. The van der Waals surface area contributed by atoms with Crippen molar-refractivity contribution in [3.8, 4) is 0 Å². The van der Waals surface area contributed by atoms with Crippen molar-refractivity contribution >= 4 is 17.6 Å². The lowest BCUT2D eigenvalue weighted by Gasteiger charge is -2.18. The Kier molecular flexibility index (Phi) is 11.0. The Morgan fingerprint density at radius 3 is 2.88 bits per heavy atom. The third-order valence-corrected chi connectivity index (χ3v) is 3.34. The number of aromatic nitrogens is 1. The van der Waals surface area contributed by atoms with Gasteiger partial charge in [0, 0.05) is 46.1 Å². The standard InChI is InChI=1S/C17H30N6O2/c1-4-19-17(20-9-11-23(2)10-6-12-25-3)21-14-16(24)22-15-7-5-8-18-13-15/h5,7-8,13H,4,6,9-12,14H2,1-3H3,(H,22,24)(H2,19,20,21). The molecular weight excluding hydrogens is 320 g/mol. The summed E-state index contributed by atoms with van der Waals surface area (Å²) < 4.78 is 5.05. The third-order valence-electron chi connectivity index (χ3n) is 3.34. The van der Waals surface area contributed by atoms with Crippen LogP contribution in [0.4, 0.5) is 5.69 Å². The maximum absolute atomic E-state index is 11.9. The van der Waals surface area contributed by atoms with Gasteiger partial charge >= 0.3 is 0 Å². The highest BCUT2D eigenvalue weighted by atomic mass is 16.5. The molecule has 3 N–H and O–H groups in total. The van der Waals surface area contributed by atoms with Crippen LogP contribution in [0.15, 0.2) is 29.5 Å². The Balaban J connectivity index is 2.34. The molecule has 0 bridgehead atoms. The smallest absolute Gasteiger partial charge is 0.246 e. The first-order valence-corrected chi connectivity index (χ1v) is 8.55. The number of hydrogen-bond donors (Lipinski definition) is 3. The average Bonchev–Trinajstić information content (AvgIpc) is 2.61. The number of anilines is 1. The predicted molar refractivity (Wildman–Crippen MR) is 101 cm³/mol. The van der Waals surface area contributed by atoms with Crippen molar-refractivity contribution in [2.75, 3.05) is 58.8 Å². The van der Waals surface area contributed by atoms with E-state index in [1.54, 1.807) is 31.6 Å². The van der Waals surface area contributed by atoms with Crippen LogP contribution in [-0.2, 0) is 9.53 Å². The maximum atomic E-state index is 11.9. The highest BCUT2D eigenvalue weighted by Crippen LogP contribution is 2.01. The molecule has 1 rings (SSSR count). The predicted octanol–water partition coefficient (Wildman–Crippen LogP) is 0.544. The van der Waals surface area contributed by atoms with Gasteiger partial charge in [-0.15, -0.1) is 0 Å². The van der Waals surface area contributed by atoms with E-state index in [-0.39, 0.29) is 12.5 Å². The molecule has 0 fully saturated rings. The lowest BCUT2D eigenvalue weighted by Crippen LogP contribution is -2.41. The second-order valence-electron chi connectivity index (χ2n) is 5.56. The molecule has 0 unspecified atom stereocenters. The Morgan fingerprint density at radius 2 is 2.20 bits per heavy atom. The number of amides is 1. The van der Waals surface area contributed by atoms with Gasteiger partial charge < -0.3 is 25.6 Å². The topological polar surface area (TPSA) is 90.9 Å². The number of ether oxygens (including phenoxy) is 1. The van der Waals surface area contributed by atoms with Crippen molar-refractivity contribution < 1.29 is 9.53 Å². The summed E-state index contributed by atoms with van der Waals surface area (Å²) in [5, 5.41) is 9.13. The van der Waals surface area contributed by atoms with Crippen molar-refractivity contribution in [1.82, 2.24) is 20.5 Å². The van der Waals surface area contributed by atoms with Gasteiger partial charge in [-0.1, -0.05) is 0 Å². The number of pyridine rings is 1. The maximum Gasteiger partial charge on any atom is 0.246 e. The molecule has 1 amide bonds. The summed E-state index contributed by atoms with van der Waals surface area (Å²) in [6, 6.07) is 3.56. The first kappa shape index (κ1) is 20.9. The van der Waals surface area contributed by atoms with E-state index in [9.17, 15) is 4.79 Å². The number of nitrogens with one attached hydrogen (secondary N) is 3. The summed E-state index contributed by atoms with van der Waals surface area (Å²) in [5.74, 6) is 0.455. The summed E-state index contributed by atoms with van der Waals surface area (Å²) in [6.07, 6.45) is 4.27. The van der Waals surface area contributed by atoms with E-state index in [1.165, 1.54) is 0 Å². The lowest BCUT2D eigenvalue weighted by molar-refractivity contribution is -0.114. The number of rotatable bonds is 11. The number of carbonyl (C=O) groups is 1. The molecule has 0 atom stereocenters. The van der Waals surface area contributed by atoms with E-state index < -0.39 is 0 Å². The molecule has 0 radical (unpaired) electrons. The van der Waals surface area contributed by atoms with Crippen LogP contribution < -0.4 is 16.0 Å². The number of hydrogen-bond acceptors (Lipinski definition) is 5. The fourth-order valence-electron chi connectivity index (χ4n) is 2.09. The molecule has 1 heterocycles. The monoisotopic (exact) mass is 350 g/mol. The molecule has 25 heavy (non-hydrogen) atoms. The first-order valence-electron chi connectivity index (χ1n) is 8.55. The average molecular weight is 350 g/mol. The Bertz CT molecular complexity index is 509. The molecule has 1 aromatic rings. The van der Waals surface area contributed by atoms with Gasteiger partial charge in [-0.05, 0) is 32.5 Å². The van der Waals surface area contributed by atoms with Gasteiger partial charge in [0.1, 0.15) is 6.54 Å². The zero-order valence-electron chi connectivity index (χ0n) is 15.4. The van der Waals surface area contributed by atoms with E-state index in [0.29, 0.717) is 11.6 Å². The quantitative estimate of drug-likeness (QED) is 0.307. The zero-order chi connectivity index (χ0) is 18.3. The number of guanidine groups is 1. The summed E-state index contributed by atoms with van der Waals surface area (Å²) in [6.45, 7) is 6.16. The Morgan fingerprint density at radius 1 is 1.36 bits per heavy atom. The second-order valence-corrected chi connectivity index (χ2v) is 5.56. The van der Waals surface area contributed by atoms with Gasteiger partial charge in [-0.2, -0.15) is 0 Å². The largest absolute Gasteiger partial charge is 0.385 e.